The van der Waals surface area contributed by atoms with E-state index in [1.807, 2.05) is 41.3 Å². The number of amides is 1. The molecule has 1 aliphatic heterocycles. The molecular weight excluding hydrogens is 338 g/mol. The van der Waals surface area contributed by atoms with Crippen LogP contribution in [-0.2, 0) is 17.6 Å². The van der Waals surface area contributed by atoms with E-state index in [1.165, 1.54) is 12.0 Å². The van der Waals surface area contributed by atoms with Crippen LogP contribution in [0.1, 0.15) is 30.4 Å². The van der Waals surface area contributed by atoms with Gasteiger partial charge in [0, 0.05) is 13.1 Å². The molecule has 1 heterocycles. The summed E-state index contributed by atoms with van der Waals surface area (Å²) in [6, 6.07) is 16.1. The van der Waals surface area contributed by atoms with Crippen molar-refractivity contribution in [2.45, 2.75) is 32.1 Å². The van der Waals surface area contributed by atoms with Gasteiger partial charge in [-0.2, -0.15) is 0 Å². The number of ether oxygens (including phenoxy) is 2. The molecule has 0 N–H and O–H groups in total. The van der Waals surface area contributed by atoms with Crippen LogP contribution in [0, 0.1) is 5.92 Å². The third-order valence-electron chi connectivity index (χ3n) is 5.48. The summed E-state index contributed by atoms with van der Waals surface area (Å²) >= 11 is 0. The van der Waals surface area contributed by atoms with Crippen molar-refractivity contribution in [1.29, 1.82) is 0 Å². The zero-order valence-corrected chi connectivity index (χ0v) is 16.3. The summed E-state index contributed by atoms with van der Waals surface area (Å²) < 4.78 is 10.4. The second kappa shape index (κ2) is 9.45. The Morgan fingerprint density at radius 2 is 1.41 bits per heavy atom. The Labute approximate surface area is 162 Å². The van der Waals surface area contributed by atoms with Crippen LogP contribution in [0.15, 0.2) is 48.5 Å². The van der Waals surface area contributed by atoms with E-state index in [9.17, 15) is 4.79 Å². The number of piperidine rings is 1. The van der Waals surface area contributed by atoms with Crippen molar-refractivity contribution in [2.75, 3.05) is 27.3 Å². The van der Waals surface area contributed by atoms with E-state index in [2.05, 4.69) is 12.1 Å². The van der Waals surface area contributed by atoms with Crippen molar-refractivity contribution in [3.05, 3.63) is 59.7 Å². The molecule has 2 aromatic rings. The first-order valence-electron chi connectivity index (χ1n) is 9.71. The highest BCUT2D eigenvalue weighted by Gasteiger charge is 2.22. The van der Waals surface area contributed by atoms with E-state index in [1.54, 1.807) is 14.2 Å². The minimum atomic E-state index is 0.230. The predicted octanol–water partition coefficient (Wildman–Crippen LogP) is 4.12. The van der Waals surface area contributed by atoms with E-state index in [4.69, 9.17) is 9.47 Å². The smallest absolute Gasteiger partial charge is 0.226 e. The summed E-state index contributed by atoms with van der Waals surface area (Å²) in [7, 11) is 3.34. The molecule has 3 rings (SSSR count). The summed E-state index contributed by atoms with van der Waals surface area (Å²) in [6.07, 6.45) is 4.96. The number of hydrogen-bond acceptors (Lipinski definition) is 3. The molecule has 0 radical (unpaired) electrons. The highest BCUT2D eigenvalue weighted by Crippen LogP contribution is 2.24. The highest BCUT2D eigenvalue weighted by molar-refractivity contribution is 5.78. The molecule has 0 bridgehead atoms. The lowest BCUT2D eigenvalue weighted by Crippen LogP contribution is -2.39. The number of nitrogens with zero attached hydrogens (tertiary/aromatic N) is 1. The largest absolute Gasteiger partial charge is 0.497 e. The molecule has 27 heavy (non-hydrogen) atoms. The van der Waals surface area contributed by atoms with Crippen LogP contribution in [0.4, 0.5) is 0 Å². The summed E-state index contributed by atoms with van der Waals surface area (Å²) in [5.74, 6) is 2.66. The Balaban J connectivity index is 1.41. The van der Waals surface area contributed by atoms with Gasteiger partial charge in [-0.1, -0.05) is 24.3 Å². The minimum Gasteiger partial charge on any atom is -0.497 e. The van der Waals surface area contributed by atoms with Gasteiger partial charge in [0.25, 0.3) is 0 Å². The van der Waals surface area contributed by atoms with Crippen LogP contribution < -0.4 is 9.47 Å². The summed E-state index contributed by atoms with van der Waals surface area (Å²) in [5, 5.41) is 0. The molecule has 0 atom stereocenters. The van der Waals surface area contributed by atoms with E-state index in [0.29, 0.717) is 12.3 Å². The van der Waals surface area contributed by atoms with Gasteiger partial charge in [0.05, 0.1) is 20.6 Å². The van der Waals surface area contributed by atoms with Crippen LogP contribution in [0.2, 0.25) is 0 Å². The Hall–Kier alpha value is -2.49. The van der Waals surface area contributed by atoms with Crippen molar-refractivity contribution in [2.24, 2.45) is 5.92 Å². The fraction of sp³-hybridized carbons (Fsp3) is 0.435. The molecule has 0 aromatic heterocycles. The lowest BCUT2D eigenvalue weighted by molar-refractivity contribution is -0.131. The third-order valence-corrected chi connectivity index (χ3v) is 5.48. The van der Waals surface area contributed by atoms with E-state index < -0.39 is 0 Å². The van der Waals surface area contributed by atoms with Crippen molar-refractivity contribution < 1.29 is 14.3 Å². The molecule has 2 aromatic carbocycles. The molecule has 0 aliphatic carbocycles. The molecule has 144 valence electrons. The Bertz CT molecular complexity index is 716. The van der Waals surface area contributed by atoms with Crippen molar-refractivity contribution >= 4 is 5.91 Å². The normalized spacial score (nSPS) is 14.8. The van der Waals surface area contributed by atoms with Crippen LogP contribution >= 0.6 is 0 Å². The predicted molar refractivity (Wildman–Crippen MR) is 107 cm³/mol. The second-order valence-electron chi connectivity index (χ2n) is 7.24. The maximum absolute atomic E-state index is 12.6. The molecule has 1 amide bonds. The van der Waals surface area contributed by atoms with Gasteiger partial charge in [-0.15, -0.1) is 0 Å². The van der Waals surface area contributed by atoms with Gasteiger partial charge in [0.2, 0.25) is 5.91 Å². The van der Waals surface area contributed by atoms with Crippen LogP contribution in [0.3, 0.4) is 0 Å². The topological polar surface area (TPSA) is 38.8 Å². The first kappa shape index (κ1) is 19.3. The third kappa shape index (κ3) is 5.49. The molecular formula is C23H29NO3. The highest BCUT2D eigenvalue weighted by atomic mass is 16.5. The maximum Gasteiger partial charge on any atom is 0.226 e. The van der Waals surface area contributed by atoms with Crippen LogP contribution in [0.25, 0.3) is 0 Å². The van der Waals surface area contributed by atoms with Gasteiger partial charge >= 0.3 is 0 Å². The zero-order valence-electron chi connectivity index (χ0n) is 16.3. The number of benzene rings is 2. The minimum absolute atomic E-state index is 0.230. The Morgan fingerprint density at radius 3 is 1.93 bits per heavy atom. The number of methoxy groups -OCH3 is 2. The van der Waals surface area contributed by atoms with Crippen molar-refractivity contribution in [3.63, 3.8) is 0 Å². The number of rotatable bonds is 7. The van der Waals surface area contributed by atoms with E-state index >= 15 is 0 Å². The SMILES string of the molecule is COc1ccc(CCC2CCN(C(=O)Cc3ccc(OC)cc3)CC2)cc1. The number of aryl methyl sites for hydroxylation is 1. The fourth-order valence-corrected chi connectivity index (χ4v) is 3.66. The van der Waals surface area contributed by atoms with Gasteiger partial charge in [0.15, 0.2) is 0 Å². The second-order valence-corrected chi connectivity index (χ2v) is 7.24. The first-order valence-corrected chi connectivity index (χ1v) is 9.71. The van der Waals surface area contributed by atoms with E-state index in [-0.39, 0.29) is 5.91 Å². The van der Waals surface area contributed by atoms with Crippen LogP contribution in [0.5, 0.6) is 11.5 Å². The van der Waals surface area contributed by atoms with Gasteiger partial charge in [-0.3, -0.25) is 4.79 Å². The number of carbonyl (C=O) groups excluding carboxylic acids is 1. The summed E-state index contributed by atoms with van der Waals surface area (Å²) in [4.78, 5) is 14.6. The molecule has 0 saturated carbocycles. The average Bonchev–Trinajstić information content (AvgIpc) is 2.73. The summed E-state index contributed by atoms with van der Waals surface area (Å²) in [5.41, 5.74) is 2.40. The van der Waals surface area contributed by atoms with Gasteiger partial charge in [-0.25, -0.2) is 0 Å². The zero-order chi connectivity index (χ0) is 19.1. The van der Waals surface area contributed by atoms with Crippen LogP contribution in [-0.4, -0.2) is 38.1 Å². The molecule has 1 fully saturated rings. The Kier molecular flexibility index (Phi) is 6.74. The van der Waals surface area contributed by atoms with E-state index in [0.717, 1.165) is 49.4 Å². The van der Waals surface area contributed by atoms with Gasteiger partial charge < -0.3 is 14.4 Å². The van der Waals surface area contributed by atoms with Crippen molar-refractivity contribution in [1.82, 2.24) is 4.90 Å². The first-order chi connectivity index (χ1) is 13.2. The maximum atomic E-state index is 12.6. The fourth-order valence-electron chi connectivity index (χ4n) is 3.66. The molecule has 4 nitrogen and oxygen atoms in total. The quantitative estimate of drug-likeness (QED) is 0.739. The number of likely N-dealkylation sites (tertiary alicyclic amines) is 1. The molecule has 1 saturated heterocycles. The molecule has 1 aliphatic rings. The molecule has 4 heteroatoms. The van der Waals surface area contributed by atoms with Crippen molar-refractivity contribution in [3.8, 4) is 11.5 Å². The number of carbonyl (C=O) groups is 1. The molecule has 0 spiro atoms. The lowest BCUT2D eigenvalue weighted by atomic mass is 9.90. The van der Waals surface area contributed by atoms with Gasteiger partial charge in [-0.05, 0) is 67.0 Å². The standard InChI is InChI=1S/C23H29NO3/c1-26-21-9-5-18(6-10-21)3-4-19-13-15-24(16-14-19)23(25)17-20-7-11-22(27-2)12-8-20/h5-12,19H,3-4,13-17H2,1-2H3. The number of hydrogen-bond donors (Lipinski definition) is 0. The average molecular weight is 367 g/mol. The Morgan fingerprint density at radius 1 is 0.889 bits per heavy atom. The van der Waals surface area contributed by atoms with Gasteiger partial charge in [0.1, 0.15) is 11.5 Å². The lowest BCUT2D eigenvalue weighted by Gasteiger charge is -2.32. The molecule has 0 unspecified atom stereocenters. The monoisotopic (exact) mass is 367 g/mol. The summed E-state index contributed by atoms with van der Waals surface area (Å²) in [6.45, 7) is 1.75.